The Balaban J connectivity index is 1.72. The van der Waals surface area contributed by atoms with Crippen molar-refractivity contribution in [1.29, 1.82) is 0 Å². The highest BCUT2D eigenvalue weighted by molar-refractivity contribution is 9.10. The lowest BCUT2D eigenvalue weighted by Gasteiger charge is -2.05. The maximum Gasteiger partial charge on any atom is 0.254 e. The summed E-state index contributed by atoms with van der Waals surface area (Å²) >= 11 is 9.29. The Morgan fingerprint density at radius 2 is 2.05 bits per heavy atom. The van der Waals surface area contributed by atoms with E-state index in [4.69, 9.17) is 20.8 Å². The molecule has 3 aromatic rings. The van der Waals surface area contributed by atoms with E-state index >= 15 is 0 Å². The lowest BCUT2D eigenvalue weighted by atomic mass is 10.1. The molecule has 3 rings (SSSR count). The molecule has 0 radical (unpaired) electrons. The molecule has 0 amide bonds. The fraction of sp³-hybridized carbons (Fsp3) is 0.125. The molecule has 1 heterocycles. The van der Waals surface area contributed by atoms with Crippen LogP contribution in [-0.2, 0) is 6.61 Å². The van der Waals surface area contributed by atoms with E-state index in [2.05, 4.69) is 26.1 Å². The maximum atomic E-state index is 5.89. The van der Waals surface area contributed by atoms with Crippen LogP contribution in [-0.4, -0.2) is 10.2 Å². The summed E-state index contributed by atoms with van der Waals surface area (Å²) in [4.78, 5) is 0. The summed E-state index contributed by atoms with van der Waals surface area (Å²) in [5.74, 6) is 1.57. The largest absolute Gasteiger partial charge is 0.483 e. The van der Waals surface area contributed by atoms with Crippen LogP contribution in [0.1, 0.15) is 11.5 Å². The molecule has 4 nitrogen and oxygen atoms in total. The fourth-order valence-corrected chi connectivity index (χ4v) is 2.74. The maximum absolute atomic E-state index is 5.89. The van der Waals surface area contributed by atoms with Crippen LogP contribution in [0, 0.1) is 6.92 Å². The Kier molecular flexibility index (Phi) is 4.45. The summed E-state index contributed by atoms with van der Waals surface area (Å²) in [5, 5.41) is 8.69. The first-order valence-electron chi connectivity index (χ1n) is 6.59. The molecule has 0 fully saturated rings. The molecule has 1 aromatic heterocycles. The third-order valence-electron chi connectivity index (χ3n) is 2.98. The minimum Gasteiger partial charge on any atom is -0.483 e. The third-order valence-corrected chi connectivity index (χ3v) is 3.83. The van der Waals surface area contributed by atoms with E-state index in [0.717, 1.165) is 15.6 Å². The molecule has 6 heteroatoms. The topological polar surface area (TPSA) is 48.2 Å². The molecule has 0 unspecified atom stereocenters. The quantitative estimate of drug-likeness (QED) is 0.637. The van der Waals surface area contributed by atoms with Crippen LogP contribution in [0.25, 0.3) is 11.5 Å². The van der Waals surface area contributed by atoms with Crippen LogP contribution in [0.4, 0.5) is 0 Å². The van der Waals surface area contributed by atoms with Crippen molar-refractivity contribution in [3.05, 3.63) is 63.4 Å². The summed E-state index contributed by atoms with van der Waals surface area (Å²) in [7, 11) is 0. The normalized spacial score (nSPS) is 10.7. The summed E-state index contributed by atoms with van der Waals surface area (Å²) < 4.78 is 12.0. The monoisotopic (exact) mass is 378 g/mol. The molecule has 0 saturated carbocycles. The van der Waals surface area contributed by atoms with Crippen molar-refractivity contribution in [1.82, 2.24) is 10.2 Å². The SMILES string of the molecule is Cc1cccc(-c2nnc(COc3ccc(Cl)cc3Br)o2)c1. The molecular formula is C16H12BrClN2O2. The molecule has 0 aliphatic rings. The van der Waals surface area contributed by atoms with Gasteiger partial charge in [-0.2, -0.15) is 0 Å². The van der Waals surface area contributed by atoms with Crippen molar-refractivity contribution >= 4 is 27.5 Å². The zero-order valence-electron chi connectivity index (χ0n) is 11.7. The van der Waals surface area contributed by atoms with E-state index in [1.165, 1.54) is 0 Å². The van der Waals surface area contributed by atoms with Gasteiger partial charge in [0.2, 0.25) is 5.89 Å². The van der Waals surface area contributed by atoms with Gasteiger partial charge in [-0.05, 0) is 53.2 Å². The van der Waals surface area contributed by atoms with Crippen LogP contribution in [0.3, 0.4) is 0 Å². The average molecular weight is 380 g/mol. The Bertz CT molecular complexity index is 804. The standard InChI is InChI=1S/C16H12BrClN2O2/c1-10-3-2-4-11(7-10)16-20-19-15(22-16)9-21-14-6-5-12(18)8-13(14)17/h2-8H,9H2,1H3. The first-order valence-corrected chi connectivity index (χ1v) is 7.76. The zero-order chi connectivity index (χ0) is 15.5. The Labute approximate surface area is 141 Å². The van der Waals surface area contributed by atoms with Gasteiger partial charge in [0, 0.05) is 10.6 Å². The van der Waals surface area contributed by atoms with Gasteiger partial charge < -0.3 is 9.15 Å². The number of hydrogen-bond donors (Lipinski definition) is 0. The minimum absolute atomic E-state index is 0.194. The van der Waals surface area contributed by atoms with Crippen LogP contribution in [0.2, 0.25) is 5.02 Å². The minimum atomic E-state index is 0.194. The molecule has 22 heavy (non-hydrogen) atoms. The number of aromatic nitrogens is 2. The molecule has 112 valence electrons. The fourth-order valence-electron chi connectivity index (χ4n) is 1.94. The van der Waals surface area contributed by atoms with Crippen LogP contribution < -0.4 is 4.74 Å². The highest BCUT2D eigenvalue weighted by Crippen LogP contribution is 2.28. The summed E-state index contributed by atoms with van der Waals surface area (Å²) in [6.45, 7) is 2.21. The van der Waals surface area contributed by atoms with Gasteiger partial charge in [-0.1, -0.05) is 29.3 Å². The van der Waals surface area contributed by atoms with Gasteiger partial charge in [0.15, 0.2) is 6.61 Å². The number of hydrogen-bond acceptors (Lipinski definition) is 4. The summed E-state index contributed by atoms with van der Waals surface area (Å²) in [6.07, 6.45) is 0. The molecular weight excluding hydrogens is 368 g/mol. The second-order valence-corrected chi connectivity index (χ2v) is 6.02. The highest BCUT2D eigenvalue weighted by atomic mass is 79.9. The molecule has 0 aliphatic heterocycles. The van der Waals surface area contributed by atoms with Gasteiger partial charge >= 0.3 is 0 Å². The van der Waals surface area contributed by atoms with Gasteiger partial charge in [-0.15, -0.1) is 10.2 Å². The Hall–Kier alpha value is -1.85. The summed E-state index contributed by atoms with van der Waals surface area (Å²) in [6, 6.07) is 13.2. The van der Waals surface area contributed by atoms with Gasteiger partial charge in [0.25, 0.3) is 5.89 Å². The van der Waals surface area contributed by atoms with Crippen molar-refractivity contribution in [3.8, 4) is 17.2 Å². The van der Waals surface area contributed by atoms with Crippen LogP contribution in [0.15, 0.2) is 51.4 Å². The van der Waals surface area contributed by atoms with Gasteiger partial charge in [0.05, 0.1) is 4.47 Å². The molecule has 0 bridgehead atoms. The lowest BCUT2D eigenvalue weighted by Crippen LogP contribution is -1.96. The second kappa shape index (κ2) is 6.50. The number of rotatable bonds is 4. The van der Waals surface area contributed by atoms with Crippen LogP contribution in [0.5, 0.6) is 5.75 Å². The number of ether oxygens (including phenoxy) is 1. The average Bonchev–Trinajstić information content (AvgIpc) is 2.95. The second-order valence-electron chi connectivity index (χ2n) is 4.73. The van der Waals surface area contributed by atoms with Gasteiger partial charge in [-0.3, -0.25) is 0 Å². The molecule has 0 atom stereocenters. The van der Waals surface area contributed by atoms with E-state index in [0.29, 0.717) is 22.6 Å². The predicted octanol–water partition coefficient (Wildman–Crippen LogP) is 5.04. The molecule has 2 aromatic carbocycles. The Morgan fingerprint density at radius 3 is 2.82 bits per heavy atom. The first kappa shape index (κ1) is 15.1. The number of aryl methyl sites for hydroxylation is 1. The lowest BCUT2D eigenvalue weighted by molar-refractivity contribution is 0.263. The molecule has 0 N–H and O–H groups in total. The smallest absolute Gasteiger partial charge is 0.254 e. The van der Waals surface area contributed by atoms with Gasteiger partial charge in [-0.25, -0.2) is 0 Å². The van der Waals surface area contributed by atoms with E-state index in [9.17, 15) is 0 Å². The first-order chi connectivity index (χ1) is 10.6. The highest BCUT2D eigenvalue weighted by Gasteiger charge is 2.10. The summed E-state index contributed by atoms with van der Waals surface area (Å²) in [5.41, 5.74) is 2.03. The number of nitrogens with zero attached hydrogens (tertiary/aromatic N) is 2. The number of benzene rings is 2. The molecule has 0 spiro atoms. The molecule has 0 aliphatic carbocycles. The van der Waals surface area contributed by atoms with Gasteiger partial charge in [0.1, 0.15) is 5.75 Å². The van der Waals surface area contributed by atoms with Crippen molar-refractivity contribution < 1.29 is 9.15 Å². The van der Waals surface area contributed by atoms with E-state index in [-0.39, 0.29) is 6.61 Å². The van der Waals surface area contributed by atoms with Crippen molar-refractivity contribution in [2.45, 2.75) is 13.5 Å². The van der Waals surface area contributed by atoms with E-state index < -0.39 is 0 Å². The van der Waals surface area contributed by atoms with E-state index in [1.54, 1.807) is 18.2 Å². The number of halogens is 2. The third kappa shape index (κ3) is 3.48. The van der Waals surface area contributed by atoms with Crippen molar-refractivity contribution in [2.75, 3.05) is 0 Å². The molecule has 0 saturated heterocycles. The zero-order valence-corrected chi connectivity index (χ0v) is 14.1. The Morgan fingerprint density at radius 1 is 1.18 bits per heavy atom. The predicted molar refractivity (Wildman–Crippen MR) is 88.0 cm³/mol. The van der Waals surface area contributed by atoms with Crippen LogP contribution >= 0.6 is 27.5 Å². The van der Waals surface area contributed by atoms with Crippen molar-refractivity contribution in [3.63, 3.8) is 0 Å². The van der Waals surface area contributed by atoms with E-state index in [1.807, 2.05) is 31.2 Å². The van der Waals surface area contributed by atoms with Crippen molar-refractivity contribution in [2.24, 2.45) is 0 Å².